The third kappa shape index (κ3) is 3.67. The lowest BCUT2D eigenvalue weighted by Gasteiger charge is -2.43. The molecule has 0 bridgehead atoms. The van der Waals surface area contributed by atoms with E-state index >= 15 is 0 Å². The smallest absolute Gasteiger partial charge is 0.0812 e. The summed E-state index contributed by atoms with van der Waals surface area (Å²) in [7, 11) is 2.04. The Morgan fingerprint density at radius 1 is 1.29 bits per heavy atom. The standard InChI is InChI=1S/C14H27NO2/c1-12-4-3-7-14(10-12,11-15-2)17-13-5-8-16-9-6-13/h12-13,15H,3-11H2,1-2H3. The van der Waals surface area contributed by atoms with Crippen molar-refractivity contribution in [1.29, 1.82) is 0 Å². The van der Waals surface area contributed by atoms with Crippen LogP contribution in [-0.2, 0) is 9.47 Å². The summed E-state index contributed by atoms with van der Waals surface area (Å²) in [6, 6.07) is 0. The molecule has 1 heterocycles. The van der Waals surface area contributed by atoms with Crippen LogP contribution in [0.3, 0.4) is 0 Å². The van der Waals surface area contributed by atoms with Crippen LogP contribution < -0.4 is 5.32 Å². The molecule has 2 rings (SSSR count). The first-order valence-corrected chi connectivity index (χ1v) is 7.14. The van der Waals surface area contributed by atoms with Gasteiger partial charge in [0.05, 0.1) is 11.7 Å². The quantitative estimate of drug-likeness (QED) is 0.819. The minimum absolute atomic E-state index is 0.0917. The van der Waals surface area contributed by atoms with Crippen molar-refractivity contribution in [3.05, 3.63) is 0 Å². The predicted molar refractivity (Wildman–Crippen MR) is 69.2 cm³/mol. The fourth-order valence-corrected chi connectivity index (χ4v) is 3.39. The van der Waals surface area contributed by atoms with Crippen LogP contribution in [0, 0.1) is 5.92 Å². The highest BCUT2D eigenvalue weighted by Gasteiger charge is 2.37. The fourth-order valence-electron chi connectivity index (χ4n) is 3.39. The van der Waals surface area contributed by atoms with Crippen LogP contribution in [0.5, 0.6) is 0 Å². The lowest BCUT2D eigenvalue weighted by molar-refractivity contribution is -0.144. The summed E-state index contributed by atoms with van der Waals surface area (Å²) >= 11 is 0. The first-order chi connectivity index (χ1) is 8.24. The van der Waals surface area contributed by atoms with Crippen molar-refractivity contribution in [3.63, 3.8) is 0 Å². The molecule has 2 fully saturated rings. The highest BCUT2D eigenvalue weighted by atomic mass is 16.5. The van der Waals surface area contributed by atoms with Gasteiger partial charge in [-0.1, -0.05) is 19.8 Å². The number of ether oxygens (including phenoxy) is 2. The SMILES string of the molecule is CNCC1(OC2CCOCC2)CCCC(C)C1. The maximum atomic E-state index is 6.49. The summed E-state index contributed by atoms with van der Waals surface area (Å²) in [4.78, 5) is 0. The van der Waals surface area contributed by atoms with Crippen LogP contribution >= 0.6 is 0 Å². The summed E-state index contributed by atoms with van der Waals surface area (Å²) in [6.45, 7) is 5.09. The minimum atomic E-state index is 0.0917. The Hall–Kier alpha value is -0.120. The normalized spacial score (nSPS) is 36.0. The van der Waals surface area contributed by atoms with Gasteiger partial charge in [0.1, 0.15) is 0 Å². The maximum Gasteiger partial charge on any atom is 0.0812 e. The average molecular weight is 241 g/mol. The first kappa shape index (κ1) is 13.3. The van der Waals surface area contributed by atoms with E-state index in [0.717, 1.165) is 38.5 Å². The molecule has 0 aromatic carbocycles. The zero-order valence-electron chi connectivity index (χ0n) is 11.3. The van der Waals surface area contributed by atoms with Gasteiger partial charge in [-0.3, -0.25) is 0 Å². The van der Waals surface area contributed by atoms with Gasteiger partial charge in [0.15, 0.2) is 0 Å². The lowest BCUT2D eigenvalue weighted by atomic mass is 9.78. The number of rotatable bonds is 4. The van der Waals surface area contributed by atoms with Crippen LogP contribution in [0.15, 0.2) is 0 Å². The van der Waals surface area contributed by atoms with Gasteiger partial charge in [-0.2, -0.15) is 0 Å². The largest absolute Gasteiger partial charge is 0.381 e. The second-order valence-corrected chi connectivity index (χ2v) is 5.84. The van der Waals surface area contributed by atoms with Crippen LogP contribution in [-0.4, -0.2) is 38.5 Å². The molecule has 3 nitrogen and oxygen atoms in total. The molecule has 2 aliphatic rings. The van der Waals surface area contributed by atoms with E-state index < -0.39 is 0 Å². The van der Waals surface area contributed by atoms with Crippen molar-refractivity contribution >= 4 is 0 Å². The molecule has 1 saturated heterocycles. The van der Waals surface area contributed by atoms with Gasteiger partial charge in [0.25, 0.3) is 0 Å². The Kier molecular flexibility index (Phi) is 4.83. The van der Waals surface area contributed by atoms with Gasteiger partial charge in [-0.15, -0.1) is 0 Å². The topological polar surface area (TPSA) is 30.5 Å². The molecule has 0 radical (unpaired) electrons. The molecule has 1 aliphatic carbocycles. The molecule has 0 spiro atoms. The van der Waals surface area contributed by atoms with E-state index in [1.807, 2.05) is 7.05 Å². The van der Waals surface area contributed by atoms with Crippen molar-refractivity contribution in [2.75, 3.05) is 26.8 Å². The second kappa shape index (κ2) is 6.17. The maximum absolute atomic E-state index is 6.49. The Morgan fingerprint density at radius 2 is 2.06 bits per heavy atom. The zero-order valence-corrected chi connectivity index (χ0v) is 11.3. The summed E-state index contributed by atoms with van der Waals surface area (Å²) in [5.41, 5.74) is 0.0917. The fraction of sp³-hybridized carbons (Fsp3) is 1.00. The average Bonchev–Trinajstić information content (AvgIpc) is 2.30. The van der Waals surface area contributed by atoms with Crippen molar-refractivity contribution in [2.45, 2.75) is 57.2 Å². The summed E-state index contributed by atoms with van der Waals surface area (Å²) in [5.74, 6) is 0.803. The Labute approximate surface area is 105 Å². The molecule has 1 N–H and O–H groups in total. The van der Waals surface area contributed by atoms with E-state index in [2.05, 4.69) is 12.2 Å². The molecule has 100 valence electrons. The molecule has 2 atom stereocenters. The molecular weight excluding hydrogens is 214 g/mol. The molecule has 17 heavy (non-hydrogen) atoms. The van der Waals surface area contributed by atoms with Crippen LogP contribution in [0.1, 0.15) is 45.4 Å². The molecule has 0 aromatic rings. The number of hydrogen-bond acceptors (Lipinski definition) is 3. The zero-order chi connectivity index (χ0) is 12.1. The highest BCUT2D eigenvalue weighted by molar-refractivity contribution is 4.90. The first-order valence-electron chi connectivity index (χ1n) is 7.14. The van der Waals surface area contributed by atoms with Crippen molar-refractivity contribution < 1.29 is 9.47 Å². The Balaban J connectivity index is 1.94. The van der Waals surface area contributed by atoms with Crippen LogP contribution in [0.25, 0.3) is 0 Å². The lowest BCUT2D eigenvalue weighted by Crippen LogP contribution is -2.48. The van der Waals surface area contributed by atoms with Gasteiger partial charge >= 0.3 is 0 Å². The van der Waals surface area contributed by atoms with E-state index in [1.165, 1.54) is 25.7 Å². The molecular formula is C14H27NO2. The van der Waals surface area contributed by atoms with E-state index in [-0.39, 0.29) is 5.60 Å². The highest BCUT2D eigenvalue weighted by Crippen LogP contribution is 2.36. The summed E-state index contributed by atoms with van der Waals surface area (Å²) < 4.78 is 11.9. The third-order valence-electron chi connectivity index (χ3n) is 4.13. The molecule has 1 aliphatic heterocycles. The van der Waals surface area contributed by atoms with Crippen LogP contribution in [0.4, 0.5) is 0 Å². The monoisotopic (exact) mass is 241 g/mol. The summed E-state index contributed by atoms with van der Waals surface area (Å²) in [6.07, 6.45) is 7.66. The Bertz CT molecular complexity index is 224. The minimum Gasteiger partial charge on any atom is -0.381 e. The molecule has 3 heteroatoms. The number of likely N-dealkylation sites (N-methyl/N-ethyl adjacent to an activating group) is 1. The van der Waals surface area contributed by atoms with Gasteiger partial charge < -0.3 is 14.8 Å². The van der Waals surface area contributed by atoms with Gasteiger partial charge in [0, 0.05) is 19.8 Å². The van der Waals surface area contributed by atoms with Gasteiger partial charge in [-0.25, -0.2) is 0 Å². The molecule has 0 aromatic heterocycles. The number of nitrogens with one attached hydrogen (secondary N) is 1. The number of hydrogen-bond donors (Lipinski definition) is 1. The second-order valence-electron chi connectivity index (χ2n) is 5.84. The van der Waals surface area contributed by atoms with Gasteiger partial charge in [-0.05, 0) is 38.6 Å². The van der Waals surface area contributed by atoms with Crippen LogP contribution in [0.2, 0.25) is 0 Å². The Morgan fingerprint density at radius 3 is 2.71 bits per heavy atom. The molecule has 1 saturated carbocycles. The predicted octanol–water partition coefficient (Wildman–Crippen LogP) is 2.35. The van der Waals surface area contributed by atoms with E-state index in [9.17, 15) is 0 Å². The molecule has 2 unspecified atom stereocenters. The summed E-state index contributed by atoms with van der Waals surface area (Å²) in [5, 5.41) is 3.33. The third-order valence-corrected chi connectivity index (χ3v) is 4.13. The molecule has 0 amide bonds. The van der Waals surface area contributed by atoms with E-state index in [0.29, 0.717) is 6.10 Å². The van der Waals surface area contributed by atoms with Crippen molar-refractivity contribution in [2.24, 2.45) is 5.92 Å². The van der Waals surface area contributed by atoms with E-state index in [1.54, 1.807) is 0 Å². The van der Waals surface area contributed by atoms with E-state index in [4.69, 9.17) is 9.47 Å². The van der Waals surface area contributed by atoms with Gasteiger partial charge in [0.2, 0.25) is 0 Å². The van der Waals surface area contributed by atoms with Crippen molar-refractivity contribution in [3.8, 4) is 0 Å². The van der Waals surface area contributed by atoms with Crippen molar-refractivity contribution in [1.82, 2.24) is 5.32 Å².